The molecule has 1 heterocycles. The van der Waals surface area contributed by atoms with Crippen LogP contribution in [0.15, 0.2) is 0 Å². The lowest BCUT2D eigenvalue weighted by molar-refractivity contribution is -0.133. The molecule has 0 spiro atoms. The van der Waals surface area contributed by atoms with E-state index in [4.69, 9.17) is 5.73 Å². The molecule has 1 rings (SSSR count). The largest absolute Gasteiger partial charge is 0.369 e. The third-order valence-electron chi connectivity index (χ3n) is 1.31. The van der Waals surface area contributed by atoms with Crippen LogP contribution in [0, 0.1) is 5.92 Å². The molecule has 0 aromatic rings. The molecular weight excluding hydrogens is 166 g/mol. The van der Waals surface area contributed by atoms with Crippen molar-refractivity contribution >= 4 is 29.1 Å². The fourth-order valence-electron chi connectivity index (χ4n) is 0.717. The minimum absolute atomic E-state index is 0.118. The summed E-state index contributed by atoms with van der Waals surface area (Å²) in [5.41, 5.74) is 4.90. The van der Waals surface area contributed by atoms with Gasteiger partial charge in [-0.25, -0.2) is 0 Å². The van der Waals surface area contributed by atoms with Crippen LogP contribution in [0.5, 0.6) is 0 Å². The van der Waals surface area contributed by atoms with E-state index in [1.54, 1.807) is 0 Å². The third-order valence-corrected chi connectivity index (χ3v) is 1.55. The number of nitrogens with one attached hydrogen (secondary N) is 1. The molecular formula is C5H6N3O2S. The first-order valence-corrected chi connectivity index (χ1v) is 3.35. The molecule has 1 aliphatic rings. The standard InChI is InChI=1S/C5H6N3O2S/c6-3(9)2-1-7-5(11)8-4(2)10/h2H,1H2,(H2,6,9)(H,7,11). The smallest absolute Gasteiger partial charge is 0.262 e. The molecule has 2 amide bonds. The molecule has 1 saturated heterocycles. The van der Waals surface area contributed by atoms with Crippen LogP contribution in [-0.2, 0) is 9.59 Å². The van der Waals surface area contributed by atoms with Crippen LogP contribution in [0.1, 0.15) is 0 Å². The van der Waals surface area contributed by atoms with E-state index in [0.717, 1.165) is 0 Å². The molecule has 0 aromatic carbocycles. The summed E-state index contributed by atoms with van der Waals surface area (Å²) in [4.78, 5) is 21.4. The summed E-state index contributed by atoms with van der Waals surface area (Å²) in [6.45, 7) is 0.163. The van der Waals surface area contributed by atoms with E-state index in [-0.39, 0.29) is 11.7 Å². The van der Waals surface area contributed by atoms with E-state index in [2.05, 4.69) is 22.9 Å². The molecule has 11 heavy (non-hydrogen) atoms. The number of amides is 2. The second-order valence-corrected chi connectivity index (χ2v) is 2.48. The summed E-state index contributed by atoms with van der Waals surface area (Å²) in [5, 5.41) is 6.07. The Morgan fingerprint density at radius 2 is 2.45 bits per heavy atom. The zero-order valence-corrected chi connectivity index (χ0v) is 6.35. The van der Waals surface area contributed by atoms with Crippen LogP contribution in [0.2, 0.25) is 0 Å². The summed E-state index contributed by atoms with van der Waals surface area (Å²) in [6, 6.07) is 0. The van der Waals surface area contributed by atoms with E-state index in [0.29, 0.717) is 0 Å². The van der Waals surface area contributed by atoms with Gasteiger partial charge in [-0.3, -0.25) is 9.59 Å². The lowest BCUT2D eigenvalue weighted by atomic mass is 10.1. The highest BCUT2D eigenvalue weighted by molar-refractivity contribution is 7.80. The zero-order valence-electron chi connectivity index (χ0n) is 5.53. The maximum absolute atomic E-state index is 10.9. The minimum atomic E-state index is -0.860. The number of carbonyl (C=O) groups is 2. The van der Waals surface area contributed by atoms with Gasteiger partial charge >= 0.3 is 0 Å². The number of thiocarbonyl (C=S) groups is 1. The first-order chi connectivity index (χ1) is 5.11. The first-order valence-electron chi connectivity index (χ1n) is 2.94. The van der Waals surface area contributed by atoms with Crippen LogP contribution in [-0.4, -0.2) is 23.5 Å². The normalized spacial score (nSPS) is 23.8. The van der Waals surface area contributed by atoms with E-state index in [9.17, 15) is 9.59 Å². The highest BCUT2D eigenvalue weighted by atomic mass is 32.1. The Hall–Kier alpha value is -1.17. The predicted molar refractivity (Wildman–Crippen MR) is 40.4 cm³/mol. The van der Waals surface area contributed by atoms with Gasteiger partial charge in [0, 0.05) is 6.54 Å². The van der Waals surface area contributed by atoms with Crippen LogP contribution >= 0.6 is 12.2 Å². The molecule has 1 atom stereocenters. The van der Waals surface area contributed by atoms with Crippen LogP contribution in [0.3, 0.4) is 0 Å². The van der Waals surface area contributed by atoms with Crippen molar-refractivity contribution in [3.8, 4) is 0 Å². The molecule has 0 aromatic heterocycles. The molecule has 1 aliphatic heterocycles. The second kappa shape index (κ2) is 2.83. The Labute approximate surface area is 68.3 Å². The Morgan fingerprint density at radius 1 is 1.82 bits per heavy atom. The van der Waals surface area contributed by atoms with Gasteiger partial charge in [0.2, 0.25) is 5.91 Å². The second-order valence-electron chi connectivity index (χ2n) is 2.09. The summed E-state index contributed by atoms with van der Waals surface area (Å²) >= 11 is 4.57. The van der Waals surface area contributed by atoms with Gasteiger partial charge in [-0.2, -0.15) is 5.32 Å². The summed E-state index contributed by atoms with van der Waals surface area (Å²) in [5.74, 6) is -2.09. The number of hydrogen-bond acceptors (Lipinski definition) is 3. The molecule has 59 valence electrons. The van der Waals surface area contributed by atoms with Gasteiger partial charge in [0.25, 0.3) is 5.91 Å². The van der Waals surface area contributed by atoms with E-state index < -0.39 is 17.7 Å². The molecule has 0 aliphatic carbocycles. The van der Waals surface area contributed by atoms with Crippen molar-refractivity contribution in [3.05, 3.63) is 0 Å². The van der Waals surface area contributed by atoms with Crippen LogP contribution < -0.4 is 16.4 Å². The van der Waals surface area contributed by atoms with Crippen molar-refractivity contribution in [2.45, 2.75) is 0 Å². The fourth-order valence-corrected chi connectivity index (χ4v) is 0.890. The van der Waals surface area contributed by atoms with Gasteiger partial charge in [-0.15, -0.1) is 0 Å². The summed E-state index contributed by atoms with van der Waals surface area (Å²) in [7, 11) is 0. The Bertz CT molecular complexity index is 228. The lowest BCUT2D eigenvalue weighted by Crippen LogP contribution is -2.52. The molecule has 6 heteroatoms. The van der Waals surface area contributed by atoms with Crippen molar-refractivity contribution in [3.63, 3.8) is 0 Å². The highest BCUT2D eigenvalue weighted by Crippen LogP contribution is 1.99. The zero-order chi connectivity index (χ0) is 8.43. The van der Waals surface area contributed by atoms with Gasteiger partial charge < -0.3 is 11.1 Å². The van der Waals surface area contributed by atoms with Gasteiger partial charge in [-0.05, 0) is 12.2 Å². The molecule has 3 N–H and O–H groups in total. The van der Waals surface area contributed by atoms with Gasteiger partial charge in [0.1, 0.15) is 5.92 Å². The average Bonchev–Trinajstić information content (AvgIpc) is 1.85. The van der Waals surface area contributed by atoms with Crippen molar-refractivity contribution in [2.24, 2.45) is 11.7 Å². The third kappa shape index (κ3) is 1.64. The number of hydrogen-bond donors (Lipinski definition) is 2. The number of rotatable bonds is 1. The van der Waals surface area contributed by atoms with Crippen LogP contribution in [0.25, 0.3) is 0 Å². The van der Waals surface area contributed by atoms with E-state index in [1.807, 2.05) is 0 Å². The van der Waals surface area contributed by atoms with Crippen molar-refractivity contribution in [2.75, 3.05) is 6.54 Å². The number of carbonyl (C=O) groups excluding carboxylic acids is 2. The topological polar surface area (TPSA) is 86.3 Å². The van der Waals surface area contributed by atoms with E-state index in [1.165, 1.54) is 0 Å². The molecule has 0 bridgehead atoms. The molecule has 1 radical (unpaired) electrons. The van der Waals surface area contributed by atoms with Gasteiger partial charge in [0.05, 0.1) is 0 Å². The highest BCUT2D eigenvalue weighted by Gasteiger charge is 2.30. The monoisotopic (exact) mass is 172 g/mol. The van der Waals surface area contributed by atoms with Crippen molar-refractivity contribution < 1.29 is 9.59 Å². The Kier molecular flexibility index (Phi) is 2.04. The fraction of sp³-hybridized carbons (Fsp3) is 0.400. The van der Waals surface area contributed by atoms with Gasteiger partial charge in [-0.1, -0.05) is 0 Å². The average molecular weight is 172 g/mol. The number of primary amides is 1. The SMILES string of the molecule is NC(=O)C1CNC(=S)[N]C1=O. The van der Waals surface area contributed by atoms with E-state index >= 15 is 0 Å². The molecule has 1 unspecified atom stereocenters. The van der Waals surface area contributed by atoms with Crippen molar-refractivity contribution in [1.82, 2.24) is 10.6 Å². The molecule has 5 nitrogen and oxygen atoms in total. The summed E-state index contributed by atoms with van der Waals surface area (Å²) in [6.07, 6.45) is 0. The quantitative estimate of drug-likeness (QED) is 0.357. The minimum Gasteiger partial charge on any atom is -0.369 e. The first kappa shape index (κ1) is 7.93. The Morgan fingerprint density at radius 3 is 2.91 bits per heavy atom. The maximum Gasteiger partial charge on any atom is 0.262 e. The van der Waals surface area contributed by atoms with Gasteiger partial charge in [0.15, 0.2) is 5.11 Å². The number of nitrogens with zero attached hydrogens (tertiary/aromatic N) is 1. The predicted octanol–water partition coefficient (Wildman–Crippen LogP) is -1.89. The summed E-state index contributed by atoms with van der Waals surface area (Å²) < 4.78 is 0. The van der Waals surface area contributed by atoms with Crippen molar-refractivity contribution in [1.29, 1.82) is 0 Å². The van der Waals surface area contributed by atoms with Crippen LogP contribution in [0.4, 0.5) is 0 Å². The molecule has 1 fully saturated rings. The number of nitrogens with two attached hydrogens (primary N) is 1. The molecule has 0 saturated carbocycles. The maximum atomic E-state index is 10.9. The Balaban J connectivity index is 2.65. The lowest BCUT2D eigenvalue weighted by Gasteiger charge is -2.18.